The van der Waals surface area contributed by atoms with Crippen LogP contribution in [0.4, 0.5) is 0 Å². The Morgan fingerprint density at radius 1 is 1.67 bits per heavy atom. The molecular formula is C11H15NO2S. The van der Waals surface area contributed by atoms with E-state index in [1.807, 2.05) is 23.8 Å². The van der Waals surface area contributed by atoms with Crippen LogP contribution in [-0.2, 0) is 11.2 Å². The predicted octanol–water partition coefficient (Wildman–Crippen LogP) is 1.27. The highest BCUT2D eigenvalue weighted by molar-refractivity contribution is 7.07. The second kappa shape index (κ2) is 3.94. The Labute approximate surface area is 93.3 Å². The minimum absolute atomic E-state index is 0.117. The summed E-state index contributed by atoms with van der Waals surface area (Å²) in [6.07, 6.45) is 1.18. The van der Waals surface area contributed by atoms with Crippen LogP contribution in [0.2, 0.25) is 0 Å². The van der Waals surface area contributed by atoms with Crippen molar-refractivity contribution in [1.82, 2.24) is 4.90 Å². The lowest BCUT2D eigenvalue weighted by Gasteiger charge is -2.46. The van der Waals surface area contributed by atoms with Gasteiger partial charge in [-0.3, -0.25) is 4.79 Å². The Bertz CT molecular complexity index is 341. The van der Waals surface area contributed by atoms with E-state index in [9.17, 15) is 9.90 Å². The molecule has 0 bridgehead atoms. The van der Waals surface area contributed by atoms with Crippen molar-refractivity contribution in [2.24, 2.45) is 0 Å². The fourth-order valence-corrected chi connectivity index (χ4v) is 2.41. The third kappa shape index (κ3) is 2.21. The maximum Gasteiger partial charge on any atom is 0.227 e. The average molecular weight is 225 g/mol. The Balaban J connectivity index is 1.85. The number of likely N-dealkylation sites (tertiary alicyclic amines) is 1. The van der Waals surface area contributed by atoms with E-state index in [1.54, 1.807) is 16.2 Å². The summed E-state index contributed by atoms with van der Waals surface area (Å²) in [5, 5.41) is 13.7. The van der Waals surface area contributed by atoms with E-state index in [1.165, 1.54) is 0 Å². The third-order valence-corrected chi connectivity index (χ3v) is 3.65. The fraction of sp³-hybridized carbons (Fsp3) is 0.545. The topological polar surface area (TPSA) is 40.5 Å². The van der Waals surface area contributed by atoms with Gasteiger partial charge in [-0.15, -0.1) is 0 Å². The second-order valence-corrected chi connectivity index (χ2v) is 4.92. The molecule has 0 saturated carbocycles. The molecular weight excluding hydrogens is 210 g/mol. The Kier molecular flexibility index (Phi) is 2.80. The molecule has 0 radical (unpaired) electrons. The van der Waals surface area contributed by atoms with Gasteiger partial charge in [0.15, 0.2) is 0 Å². The summed E-state index contributed by atoms with van der Waals surface area (Å²) in [6, 6.07) is 1.97. The van der Waals surface area contributed by atoms with Gasteiger partial charge in [0.25, 0.3) is 0 Å². The Morgan fingerprint density at radius 2 is 2.40 bits per heavy atom. The van der Waals surface area contributed by atoms with Gasteiger partial charge >= 0.3 is 0 Å². The van der Waals surface area contributed by atoms with Gasteiger partial charge in [-0.05, 0) is 28.8 Å². The largest absolute Gasteiger partial charge is 0.386 e. The molecule has 15 heavy (non-hydrogen) atoms. The molecule has 2 heterocycles. The molecule has 1 saturated heterocycles. The van der Waals surface area contributed by atoms with Crippen LogP contribution in [0.15, 0.2) is 16.8 Å². The van der Waals surface area contributed by atoms with Crippen LogP contribution in [0.1, 0.15) is 18.9 Å². The first-order valence-corrected chi connectivity index (χ1v) is 6.08. The highest BCUT2D eigenvalue weighted by atomic mass is 32.1. The van der Waals surface area contributed by atoms with Crippen molar-refractivity contribution in [2.45, 2.75) is 25.4 Å². The van der Waals surface area contributed by atoms with Gasteiger partial charge in [-0.25, -0.2) is 0 Å². The standard InChI is InChI=1S/C11H15NO2S/c1-2-11(14)7-12(8-11)10(13)5-9-3-4-15-6-9/h3-4,6,14H,2,5,7-8H2,1H3. The summed E-state index contributed by atoms with van der Waals surface area (Å²) < 4.78 is 0. The number of carbonyl (C=O) groups is 1. The zero-order chi connectivity index (χ0) is 10.9. The van der Waals surface area contributed by atoms with E-state index in [4.69, 9.17) is 0 Å². The molecule has 1 aliphatic rings. The highest BCUT2D eigenvalue weighted by Gasteiger charge is 2.41. The summed E-state index contributed by atoms with van der Waals surface area (Å²) in [5.74, 6) is 0.117. The van der Waals surface area contributed by atoms with Gasteiger partial charge < -0.3 is 10.0 Å². The lowest BCUT2D eigenvalue weighted by atomic mass is 9.91. The molecule has 82 valence electrons. The lowest BCUT2D eigenvalue weighted by molar-refractivity contribution is -0.155. The van der Waals surface area contributed by atoms with E-state index in [0.717, 1.165) is 12.0 Å². The van der Waals surface area contributed by atoms with Crippen LogP contribution in [0.25, 0.3) is 0 Å². The summed E-state index contributed by atoms with van der Waals surface area (Å²) in [6.45, 7) is 2.93. The van der Waals surface area contributed by atoms with Crippen molar-refractivity contribution in [3.8, 4) is 0 Å². The van der Waals surface area contributed by atoms with E-state index >= 15 is 0 Å². The minimum Gasteiger partial charge on any atom is -0.386 e. The normalized spacial score (nSPS) is 18.7. The van der Waals surface area contributed by atoms with Crippen molar-refractivity contribution in [3.63, 3.8) is 0 Å². The number of amides is 1. The predicted molar refractivity (Wildman–Crippen MR) is 59.8 cm³/mol. The monoisotopic (exact) mass is 225 g/mol. The van der Waals surface area contributed by atoms with Crippen LogP contribution >= 0.6 is 11.3 Å². The molecule has 0 aromatic carbocycles. The number of hydrogen-bond donors (Lipinski definition) is 1. The van der Waals surface area contributed by atoms with Gasteiger partial charge in [0, 0.05) is 0 Å². The molecule has 0 unspecified atom stereocenters. The number of aliphatic hydroxyl groups is 1. The number of hydrogen-bond acceptors (Lipinski definition) is 3. The lowest BCUT2D eigenvalue weighted by Crippen LogP contribution is -2.63. The Morgan fingerprint density at radius 3 is 2.93 bits per heavy atom. The molecule has 1 fully saturated rings. The van der Waals surface area contributed by atoms with Crippen molar-refractivity contribution >= 4 is 17.2 Å². The number of rotatable bonds is 3. The maximum atomic E-state index is 11.7. The summed E-state index contributed by atoms with van der Waals surface area (Å²) in [5.41, 5.74) is 0.446. The van der Waals surface area contributed by atoms with E-state index in [-0.39, 0.29) is 5.91 Å². The smallest absolute Gasteiger partial charge is 0.227 e. The van der Waals surface area contributed by atoms with Gasteiger partial charge in [-0.1, -0.05) is 6.92 Å². The molecule has 2 rings (SSSR count). The van der Waals surface area contributed by atoms with Crippen LogP contribution in [-0.4, -0.2) is 34.6 Å². The number of β-amino-alcohol motifs (C(OH)–C–C–N with tert-alkyl or cyclic N) is 1. The molecule has 0 spiro atoms. The fourth-order valence-electron chi connectivity index (χ4n) is 1.74. The average Bonchev–Trinajstić information content (AvgIpc) is 2.65. The summed E-state index contributed by atoms with van der Waals surface area (Å²) in [4.78, 5) is 13.4. The highest BCUT2D eigenvalue weighted by Crippen LogP contribution is 2.24. The Hall–Kier alpha value is -0.870. The van der Waals surface area contributed by atoms with Crippen molar-refractivity contribution in [3.05, 3.63) is 22.4 Å². The summed E-state index contributed by atoms with van der Waals surface area (Å²) >= 11 is 1.60. The molecule has 3 nitrogen and oxygen atoms in total. The van der Waals surface area contributed by atoms with Crippen molar-refractivity contribution in [1.29, 1.82) is 0 Å². The number of thiophene rings is 1. The first-order chi connectivity index (χ1) is 7.13. The van der Waals surface area contributed by atoms with Gasteiger partial charge in [0.2, 0.25) is 5.91 Å². The molecule has 1 aromatic rings. The van der Waals surface area contributed by atoms with Crippen LogP contribution in [0, 0.1) is 0 Å². The van der Waals surface area contributed by atoms with E-state index < -0.39 is 5.60 Å². The quantitative estimate of drug-likeness (QED) is 0.841. The first kappa shape index (κ1) is 10.6. The number of carbonyl (C=O) groups excluding carboxylic acids is 1. The van der Waals surface area contributed by atoms with Crippen molar-refractivity contribution < 1.29 is 9.90 Å². The first-order valence-electron chi connectivity index (χ1n) is 5.14. The second-order valence-electron chi connectivity index (χ2n) is 4.14. The van der Waals surface area contributed by atoms with Crippen LogP contribution < -0.4 is 0 Å². The van der Waals surface area contributed by atoms with Crippen LogP contribution in [0.3, 0.4) is 0 Å². The third-order valence-electron chi connectivity index (χ3n) is 2.92. The minimum atomic E-state index is -0.621. The molecule has 1 amide bonds. The van der Waals surface area contributed by atoms with Crippen LogP contribution in [0.5, 0.6) is 0 Å². The zero-order valence-electron chi connectivity index (χ0n) is 8.77. The van der Waals surface area contributed by atoms with Gasteiger partial charge in [-0.2, -0.15) is 11.3 Å². The van der Waals surface area contributed by atoms with Crippen molar-refractivity contribution in [2.75, 3.05) is 13.1 Å². The van der Waals surface area contributed by atoms with E-state index in [0.29, 0.717) is 19.5 Å². The van der Waals surface area contributed by atoms with Gasteiger partial charge in [0.05, 0.1) is 25.1 Å². The summed E-state index contributed by atoms with van der Waals surface area (Å²) in [7, 11) is 0. The molecule has 0 aliphatic carbocycles. The molecule has 1 N–H and O–H groups in total. The van der Waals surface area contributed by atoms with Gasteiger partial charge in [0.1, 0.15) is 0 Å². The number of nitrogens with zero attached hydrogens (tertiary/aromatic N) is 1. The SMILES string of the molecule is CCC1(O)CN(C(=O)Cc2ccsc2)C1. The molecule has 1 aromatic heterocycles. The zero-order valence-corrected chi connectivity index (χ0v) is 9.59. The maximum absolute atomic E-state index is 11.7. The molecule has 4 heteroatoms. The molecule has 0 atom stereocenters. The van der Waals surface area contributed by atoms with E-state index in [2.05, 4.69) is 0 Å². The molecule has 1 aliphatic heterocycles.